The summed E-state index contributed by atoms with van der Waals surface area (Å²) in [4.78, 5) is 15.1. The maximum atomic E-state index is 13.0. The van der Waals surface area contributed by atoms with Gasteiger partial charge in [-0.2, -0.15) is 0 Å². The molecule has 0 radical (unpaired) electrons. The minimum absolute atomic E-state index is 0.229. The van der Waals surface area contributed by atoms with Crippen molar-refractivity contribution in [1.29, 1.82) is 0 Å². The molecule has 3 rings (SSSR count). The number of hydrogen-bond acceptors (Lipinski definition) is 1. The van der Waals surface area contributed by atoms with Crippen molar-refractivity contribution in [2.75, 3.05) is 0 Å². The Morgan fingerprint density at radius 3 is 2.62 bits per heavy atom. The lowest BCUT2D eigenvalue weighted by molar-refractivity contribution is -0.142. The number of rotatable bonds is 7. The predicted molar refractivity (Wildman–Crippen MR) is 107 cm³/mol. The summed E-state index contributed by atoms with van der Waals surface area (Å²) in [6.45, 7) is 7.99. The van der Waals surface area contributed by atoms with Crippen LogP contribution >= 0.6 is 11.6 Å². The molecule has 3 nitrogen and oxygen atoms in total. The summed E-state index contributed by atoms with van der Waals surface area (Å²) in [5.74, 6) is 0.996. The number of carbonyl (C=O) groups is 1. The Hall–Kier alpha value is -1.74. The van der Waals surface area contributed by atoms with Gasteiger partial charge in [0.1, 0.15) is 0 Å². The number of aromatic nitrogens is 1. The number of amides is 1. The summed E-state index contributed by atoms with van der Waals surface area (Å²) < 4.78 is 2.22. The Morgan fingerprint density at radius 1 is 1.23 bits per heavy atom. The zero-order chi connectivity index (χ0) is 18.7. The lowest BCUT2D eigenvalue weighted by Crippen LogP contribution is -2.45. The number of carbonyl (C=O) groups excluding carboxylic acids is 1. The van der Waals surface area contributed by atoms with Crippen molar-refractivity contribution in [3.05, 3.63) is 58.9 Å². The molecule has 0 bridgehead atoms. The van der Waals surface area contributed by atoms with Crippen LogP contribution in [0.5, 0.6) is 0 Å². The fourth-order valence-corrected chi connectivity index (χ4v) is 3.64. The average molecular weight is 373 g/mol. The van der Waals surface area contributed by atoms with E-state index < -0.39 is 0 Å². The van der Waals surface area contributed by atoms with Gasteiger partial charge in [0, 0.05) is 35.4 Å². The molecule has 1 atom stereocenters. The first-order valence-corrected chi connectivity index (χ1v) is 10.0. The first kappa shape index (κ1) is 19.0. The van der Waals surface area contributed by atoms with Gasteiger partial charge in [-0.1, -0.05) is 44.0 Å². The average Bonchev–Trinajstić information content (AvgIpc) is 2.97. The number of nitrogens with zero attached hydrogens (tertiary/aromatic N) is 2. The van der Waals surface area contributed by atoms with Crippen molar-refractivity contribution in [1.82, 2.24) is 9.47 Å². The van der Waals surface area contributed by atoms with E-state index in [2.05, 4.69) is 54.6 Å². The van der Waals surface area contributed by atoms with E-state index in [1.165, 1.54) is 17.7 Å². The van der Waals surface area contributed by atoms with Crippen molar-refractivity contribution in [3.8, 4) is 0 Å². The molecule has 2 aromatic rings. The molecule has 1 aromatic heterocycles. The van der Waals surface area contributed by atoms with Gasteiger partial charge in [0.15, 0.2) is 0 Å². The second-order valence-corrected chi connectivity index (χ2v) is 8.27. The summed E-state index contributed by atoms with van der Waals surface area (Å²) in [6.07, 6.45) is 5.36. The summed E-state index contributed by atoms with van der Waals surface area (Å²) in [5, 5.41) is 0.756. The van der Waals surface area contributed by atoms with Gasteiger partial charge in [-0.3, -0.25) is 4.79 Å². The van der Waals surface area contributed by atoms with Crippen LogP contribution in [0.3, 0.4) is 0 Å². The molecule has 1 fully saturated rings. The molecule has 0 saturated heterocycles. The molecule has 1 aliphatic rings. The Kier molecular flexibility index (Phi) is 6.08. The quantitative estimate of drug-likeness (QED) is 0.642. The van der Waals surface area contributed by atoms with Crippen LogP contribution in [0.4, 0.5) is 0 Å². The third-order valence-electron chi connectivity index (χ3n) is 5.69. The Balaban J connectivity index is 1.78. The Labute approximate surface area is 162 Å². The largest absolute Gasteiger partial charge is 0.345 e. The molecule has 4 heteroatoms. The van der Waals surface area contributed by atoms with E-state index in [1.54, 1.807) is 0 Å². The highest BCUT2D eigenvalue weighted by atomic mass is 35.5. The highest BCUT2D eigenvalue weighted by Crippen LogP contribution is 2.30. The van der Waals surface area contributed by atoms with Crippen LogP contribution in [-0.2, 0) is 17.9 Å². The lowest BCUT2D eigenvalue weighted by atomic mass is 9.83. The maximum absolute atomic E-state index is 13.0. The van der Waals surface area contributed by atoms with Crippen molar-refractivity contribution in [2.24, 2.45) is 11.8 Å². The van der Waals surface area contributed by atoms with Gasteiger partial charge in [-0.25, -0.2) is 0 Å². The van der Waals surface area contributed by atoms with Crippen LogP contribution in [-0.4, -0.2) is 21.4 Å². The second kappa shape index (κ2) is 8.30. The van der Waals surface area contributed by atoms with Gasteiger partial charge in [-0.15, -0.1) is 0 Å². The van der Waals surface area contributed by atoms with Crippen LogP contribution in [0.2, 0.25) is 5.02 Å². The highest BCUT2D eigenvalue weighted by molar-refractivity contribution is 6.30. The van der Waals surface area contributed by atoms with E-state index in [-0.39, 0.29) is 12.0 Å². The predicted octanol–water partition coefficient (Wildman–Crippen LogP) is 5.36. The minimum atomic E-state index is 0.229. The standard InChI is InChI=1S/C22H29ClN2O/c1-16(2)17(3)25(22(26)19-8-5-9-19)15-21-11-6-12-24(21)14-18-7-4-10-20(23)13-18/h4,6-7,10-13,16-17,19H,5,8-9,14-15H2,1-3H3/t17-/m0/s1. The first-order valence-electron chi connectivity index (χ1n) is 9.64. The zero-order valence-corrected chi connectivity index (χ0v) is 16.7. The normalized spacial score (nSPS) is 15.7. The SMILES string of the molecule is CC(C)[C@H](C)N(Cc1cccn1Cc1cccc(Cl)c1)C(=O)C1CCC1. The fraction of sp³-hybridized carbons (Fsp3) is 0.500. The first-order chi connectivity index (χ1) is 12.5. The third kappa shape index (κ3) is 4.32. The molecule has 1 heterocycles. The number of hydrogen-bond donors (Lipinski definition) is 0. The van der Waals surface area contributed by atoms with Crippen molar-refractivity contribution in [3.63, 3.8) is 0 Å². The molecular weight excluding hydrogens is 344 g/mol. The molecule has 1 aromatic carbocycles. The van der Waals surface area contributed by atoms with Crippen LogP contribution in [0.15, 0.2) is 42.6 Å². The van der Waals surface area contributed by atoms with Gasteiger partial charge < -0.3 is 9.47 Å². The lowest BCUT2D eigenvalue weighted by Gasteiger charge is -2.37. The molecule has 0 spiro atoms. The molecule has 0 N–H and O–H groups in total. The van der Waals surface area contributed by atoms with Gasteiger partial charge in [0.2, 0.25) is 5.91 Å². The number of halogens is 1. The monoisotopic (exact) mass is 372 g/mol. The molecule has 1 saturated carbocycles. The third-order valence-corrected chi connectivity index (χ3v) is 5.93. The Bertz CT molecular complexity index is 748. The van der Waals surface area contributed by atoms with Crippen LogP contribution in [0.25, 0.3) is 0 Å². The van der Waals surface area contributed by atoms with E-state index >= 15 is 0 Å². The zero-order valence-electron chi connectivity index (χ0n) is 16.0. The highest BCUT2D eigenvalue weighted by Gasteiger charge is 2.33. The maximum Gasteiger partial charge on any atom is 0.226 e. The van der Waals surface area contributed by atoms with E-state index in [4.69, 9.17) is 11.6 Å². The van der Waals surface area contributed by atoms with E-state index in [0.717, 1.165) is 24.4 Å². The van der Waals surface area contributed by atoms with E-state index in [9.17, 15) is 4.79 Å². The minimum Gasteiger partial charge on any atom is -0.345 e. The van der Waals surface area contributed by atoms with Gasteiger partial charge in [-0.05, 0) is 55.5 Å². The van der Waals surface area contributed by atoms with Gasteiger partial charge >= 0.3 is 0 Å². The topological polar surface area (TPSA) is 25.2 Å². The van der Waals surface area contributed by atoms with Crippen LogP contribution in [0.1, 0.15) is 51.3 Å². The summed E-state index contributed by atoms with van der Waals surface area (Å²) in [6, 6.07) is 12.4. The van der Waals surface area contributed by atoms with Crippen molar-refractivity contribution < 1.29 is 4.79 Å². The fourth-order valence-electron chi connectivity index (χ4n) is 3.43. The molecular formula is C22H29ClN2O. The molecule has 1 amide bonds. The second-order valence-electron chi connectivity index (χ2n) is 7.84. The summed E-state index contributed by atoms with van der Waals surface area (Å²) in [7, 11) is 0. The van der Waals surface area contributed by atoms with Crippen LogP contribution in [0, 0.1) is 11.8 Å². The molecule has 0 aliphatic heterocycles. The Morgan fingerprint density at radius 2 is 2.00 bits per heavy atom. The molecule has 26 heavy (non-hydrogen) atoms. The van der Waals surface area contributed by atoms with E-state index in [1.807, 2.05) is 18.2 Å². The summed E-state index contributed by atoms with van der Waals surface area (Å²) in [5.41, 5.74) is 2.34. The summed E-state index contributed by atoms with van der Waals surface area (Å²) >= 11 is 6.12. The van der Waals surface area contributed by atoms with Gasteiger partial charge in [0.05, 0.1) is 6.54 Å². The van der Waals surface area contributed by atoms with Crippen molar-refractivity contribution in [2.45, 2.75) is 59.2 Å². The van der Waals surface area contributed by atoms with Gasteiger partial charge in [0.25, 0.3) is 0 Å². The molecule has 140 valence electrons. The molecule has 0 unspecified atom stereocenters. The van der Waals surface area contributed by atoms with Crippen molar-refractivity contribution >= 4 is 17.5 Å². The smallest absolute Gasteiger partial charge is 0.226 e. The van der Waals surface area contributed by atoms with Crippen LogP contribution < -0.4 is 0 Å². The van der Waals surface area contributed by atoms with E-state index in [0.29, 0.717) is 18.4 Å². The number of benzene rings is 1. The molecule has 1 aliphatic carbocycles.